The summed E-state index contributed by atoms with van der Waals surface area (Å²) in [4.78, 5) is 13.8. The molecule has 1 atom stereocenters. The Morgan fingerprint density at radius 1 is 0.310 bits per heavy atom. The highest BCUT2D eigenvalue weighted by atomic mass is 15.2. The van der Waals surface area contributed by atoms with Crippen molar-refractivity contribution in [2.45, 2.75) is 12.3 Å². The van der Waals surface area contributed by atoms with Crippen molar-refractivity contribution in [3.63, 3.8) is 0 Å². The van der Waals surface area contributed by atoms with Gasteiger partial charge in [-0.25, -0.2) is 9.97 Å². The fourth-order valence-corrected chi connectivity index (χ4v) is 14.1. The fraction of sp³-hybridized carbons (Fsp3) is 0.0244. The minimum Gasteiger partial charge on any atom is -0.310 e. The molecule has 87 heavy (non-hydrogen) atoms. The molecule has 0 radical (unpaired) electrons. The Hall–Kier alpha value is -11.4. The SMILES string of the molecule is Cc1ccc(C2(c3ccccc3)c3ccccc3-c3cc(-c4cc(-c5ccccc5)nc(-n5c6ccc(N(c7cccc(-c8ccccc8)c7)c7ccc8ccccc8c7)cc6c6cc7c8ccccc8n(-c8ccccc8)c7cc65)n4)ccc32)cc1. The number of aryl methyl sites for hydroxylation is 1. The number of rotatable bonds is 10. The van der Waals surface area contributed by atoms with Gasteiger partial charge in [-0.3, -0.25) is 4.57 Å². The predicted molar refractivity (Wildman–Crippen MR) is 361 cm³/mol. The van der Waals surface area contributed by atoms with Crippen LogP contribution in [0, 0.1) is 6.92 Å². The molecule has 0 spiro atoms. The van der Waals surface area contributed by atoms with E-state index in [9.17, 15) is 0 Å². The zero-order valence-corrected chi connectivity index (χ0v) is 47.8. The van der Waals surface area contributed by atoms with E-state index in [0.29, 0.717) is 5.95 Å². The molecule has 16 aromatic rings. The van der Waals surface area contributed by atoms with Crippen molar-refractivity contribution < 1.29 is 0 Å². The van der Waals surface area contributed by atoms with Gasteiger partial charge in [-0.15, -0.1) is 0 Å². The van der Waals surface area contributed by atoms with E-state index in [1.54, 1.807) is 0 Å². The van der Waals surface area contributed by atoms with E-state index in [2.05, 4.69) is 336 Å². The molecule has 0 amide bonds. The number of anilines is 3. The van der Waals surface area contributed by atoms with Crippen LogP contribution in [0.15, 0.2) is 315 Å². The molecule has 408 valence electrons. The first kappa shape index (κ1) is 50.1. The molecular weight excluding hydrogens is 1050 g/mol. The van der Waals surface area contributed by atoms with Gasteiger partial charge in [0, 0.05) is 55.4 Å². The van der Waals surface area contributed by atoms with Gasteiger partial charge in [-0.2, -0.15) is 0 Å². The highest BCUT2D eigenvalue weighted by Crippen LogP contribution is 2.57. The van der Waals surface area contributed by atoms with Crippen LogP contribution >= 0.6 is 0 Å². The van der Waals surface area contributed by atoms with E-state index in [0.717, 1.165) is 83.7 Å². The first-order valence-electron chi connectivity index (χ1n) is 29.9. The zero-order valence-electron chi connectivity index (χ0n) is 47.8. The van der Waals surface area contributed by atoms with Gasteiger partial charge in [0.1, 0.15) is 0 Å². The predicted octanol–water partition coefficient (Wildman–Crippen LogP) is 21.0. The van der Waals surface area contributed by atoms with Crippen LogP contribution in [0.4, 0.5) is 17.1 Å². The number of nitrogens with zero attached hydrogens (tertiary/aromatic N) is 5. The second-order valence-electron chi connectivity index (χ2n) is 23.0. The summed E-state index contributed by atoms with van der Waals surface area (Å²) in [6.45, 7) is 2.16. The van der Waals surface area contributed by atoms with Crippen molar-refractivity contribution in [3.05, 3.63) is 343 Å². The summed E-state index contributed by atoms with van der Waals surface area (Å²) in [7, 11) is 0. The lowest BCUT2D eigenvalue weighted by Crippen LogP contribution is -2.28. The third-order valence-electron chi connectivity index (χ3n) is 18.0. The van der Waals surface area contributed by atoms with Crippen LogP contribution in [0.1, 0.15) is 27.8 Å². The van der Waals surface area contributed by atoms with Gasteiger partial charge in [-0.1, -0.05) is 236 Å². The topological polar surface area (TPSA) is 38.9 Å². The Balaban J connectivity index is 0.930. The molecule has 1 aliphatic rings. The third kappa shape index (κ3) is 8.08. The van der Waals surface area contributed by atoms with Gasteiger partial charge in [0.05, 0.1) is 38.9 Å². The number of hydrogen-bond acceptors (Lipinski definition) is 3. The summed E-state index contributed by atoms with van der Waals surface area (Å²) in [6, 6.07) is 115. The molecule has 1 aliphatic carbocycles. The third-order valence-corrected chi connectivity index (χ3v) is 18.0. The summed E-state index contributed by atoms with van der Waals surface area (Å²) >= 11 is 0. The van der Waals surface area contributed by atoms with Crippen LogP contribution < -0.4 is 4.90 Å². The van der Waals surface area contributed by atoms with Gasteiger partial charge in [0.25, 0.3) is 0 Å². The van der Waals surface area contributed by atoms with E-state index in [4.69, 9.17) is 9.97 Å². The first-order chi connectivity index (χ1) is 43.0. The van der Waals surface area contributed by atoms with Crippen molar-refractivity contribution in [1.82, 2.24) is 19.1 Å². The molecular formula is C82H55N5. The maximum absolute atomic E-state index is 5.77. The van der Waals surface area contributed by atoms with Gasteiger partial charge < -0.3 is 9.47 Å². The van der Waals surface area contributed by atoms with E-state index in [1.165, 1.54) is 66.1 Å². The molecule has 5 heteroatoms. The van der Waals surface area contributed by atoms with Crippen LogP contribution in [0.25, 0.3) is 111 Å². The van der Waals surface area contributed by atoms with Gasteiger partial charge in [0.15, 0.2) is 0 Å². The van der Waals surface area contributed by atoms with E-state index in [1.807, 2.05) is 0 Å². The Bertz CT molecular complexity index is 5340. The van der Waals surface area contributed by atoms with Gasteiger partial charge in [0.2, 0.25) is 5.95 Å². The Morgan fingerprint density at radius 3 is 1.69 bits per heavy atom. The van der Waals surface area contributed by atoms with Gasteiger partial charge >= 0.3 is 0 Å². The summed E-state index contributed by atoms with van der Waals surface area (Å²) in [6.07, 6.45) is 0. The van der Waals surface area contributed by atoms with Gasteiger partial charge in [-0.05, 0) is 147 Å². The van der Waals surface area contributed by atoms with Crippen molar-refractivity contribution >= 4 is 71.4 Å². The van der Waals surface area contributed by atoms with E-state index < -0.39 is 5.41 Å². The summed E-state index contributed by atoms with van der Waals surface area (Å²) in [5.74, 6) is 0.585. The molecule has 1 unspecified atom stereocenters. The van der Waals surface area contributed by atoms with Crippen LogP contribution in [0.5, 0.6) is 0 Å². The van der Waals surface area contributed by atoms with Crippen LogP contribution in [-0.4, -0.2) is 19.1 Å². The Morgan fingerprint density at radius 2 is 0.885 bits per heavy atom. The molecule has 0 saturated heterocycles. The van der Waals surface area contributed by atoms with Crippen LogP contribution in [-0.2, 0) is 5.41 Å². The monoisotopic (exact) mass is 1110 g/mol. The molecule has 0 N–H and O–H groups in total. The summed E-state index contributed by atoms with van der Waals surface area (Å²) in [5.41, 5.74) is 22.6. The molecule has 0 saturated carbocycles. The standard InChI is InChI=1S/C82H55N5/c1-54-37-41-62(42-38-54)82(61-28-10-4-11-29-61)73-35-18-16-33-67(73)69-49-60(40-45-74(69)82)76-52-75(57-24-8-3-9-25-57)83-81(84-76)87-78-46-44-66(50-70(78)72-51-71-68-34-17-19-36-77(68)86(79(71)53-80(72)87)63-30-12-5-13-31-63)85(65-43-39-56-23-14-15-26-58(56)48-65)64-32-20-27-59(47-64)55-21-6-2-7-22-55/h2-53H,1H3. The van der Waals surface area contributed by atoms with Crippen LogP contribution in [0.2, 0.25) is 0 Å². The number of benzene rings is 13. The maximum atomic E-state index is 5.77. The Kier molecular flexibility index (Phi) is 11.6. The second kappa shape index (κ2) is 20.2. The smallest absolute Gasteiger partial charge is 0.235 e. The number of hydrogen-bond donors (Lipinski definition) is 0. The lowest BCUT2D eigenvalue weighted by molar-refractivity contribution is 0.768. The molecule has 3 aromatic heterocycles. The van der Waals surface area contributed by atoms with Crippen LogP contribution in [0.3, 0.4) is 0 Å². The molecule has 0 aliphatic heterocycles. The van der Waals surface area contributed by atoms with E-state index >= 15 is 0 Å². The number of aromatic nitrogens is 4. The molecule has 0 fully saturated rings. The highest BCUT2D eigenvalue weighted by molar-refractivity contribution is 6.19. The summed E-state index contributed by atoms with van der Waals surface area (Å²) in [5, 5.41) is 6.92. The quantitative estimate of drug-likeness (QED) is 0.137. The minimum atomic E-state index is -0.532. The molecule has 17 rings (SSSR count). The zero-order chi connectivity index (χ0) is 57.6. The fourth-order valence-electron chi connectivity index (χ4n) is 14.1. The average Bonchev–Trinajstić information content (AvgIpc) is 1.63. The number of para-hydroxylation sites is 2. The largest absolute Gasteiger partial charge is 0.310 e. The first-order valence-corrected chi connectivity index (χ1v) is 29.9. The molecule has 3 heterocycles. The lowest BCUT2D eigenvalue weighted by atomic mass is 9.67. The van der Waals surface area contributed by atoms with E-state index in [-0.39, 0.29) is 0 Å². The Labute approximate surface area is 504 Å². The van der Waals surface area contributed by atoms with Crippen molar-refractivity contribution in [2.75, 3.05) is 4.90 Å². The van der Waals surface area contributed by atoms with Crippen molar-refractivity contribution in [2.24, 2.45) is 0 Å². The molecule has 0 bridgehead atoms. The normalized spacial score (nSPS) is 13.6. The highest BCUT2D eigenvalue weighted by Gasteiger charge is 2.46. The molecule has 5 nitrogen and oxygen atoms in total. The number of fused-ring (bicyclic) bond motifs is 10. The van der Waals surface area contributed by atoms with Crippen molar-refractivity contribution in [3.8, 4) is 56.4 Å². The maximum Gasteiger partial charge on any atom is 0.235 e. The minimum absolute atomic E-state index is 0.532. The summed E-state index contributed by atoms with van der Waals surface area (Å²) < 4.78 is 4.72. The lowest BCUT2D eigenvalue weighted by Gasteiger charge is -2.34. The van der Waals surface area contributed by atoms with Crippen molar-refractivity contribution in [1.29, 1.82) is 0 Å². The average molecular weight is 1110 g/mol. The second-order valence-corrected chi connectivity index (χ2v) is 23.0. The molecule has 13 aromatic carbocycles.